The summed E-state index contributed by atoms with van der Waals surface area (Å²) in [4.78, 5) is 0. The van der Waals surface area contributed by atoms with Crippen molar-refractivity contribution in [2.75, 3.05) is 0 Å². The second kappa shape index (κ2) is 6.83. The molecule has 0 amide bonds. The zero-order valence-corrected chi connectivity index (χ0v) is 18.3. The van der Waals surface area contributed by atoms with Gasteiger partial charge in [-0.3, -0.25) is 0 Å². The van der Waals surface area contributed by atoms with Crippen LogP contribution in [-0.2, 0) is 5.41 Å². The lowest BCUT2D eigenvalue weighted by Crippen LogP contribution is -2.24. The highest BCUT2D eigenvalue weighted by molar-refractivity contribution is 9.11. The number of rotatable bonds is 3. The maximum Gasteiger partial charge on any atom is 0.130 e. The first-order valence-corrected chi connectivity index (χ1v) is 9.75. The summed E-state index contributed by atoms with van der Waals surface area (Å²) in [7, 11) is 0. The van der Waals surface area contributed by atoms with E-state index in [4.69, 9.17) is 0 Å². The van der Waals surface area contributed by atoms with Crippen LogP contribution in [0.2, 0.25) is 0 Å². The molecule has 0 atom stereocenters. The van der Waals surface area contributed by atoms with E-state index in [1.165, 1.54) is 0 Å². The second-order valence-corrected chi connectivity index (χ2v) is 8.67. The molecule has 2 N–H and O–H groups in total. The van der Waals surface area contributed by atoms with Crippen LogP contribution in [-0.4, -0.2) is 10.2 Å². The van der Waals surface area contributed by atoms with Crippen molar-refractivity contribution in [2.24, 2.45) is 0 Å². The molecular formula is C16H14Br4O2. The summed E-state index contributed by atoms with van der Waals surface area (Å²) in [5.74, 6) is 0.389. The van der Waals surface area contributed by atoms with E-state index < -0.39 is 0 Å². The highest BCUT2D eigenvalue weighted by Crippen LogP contribution is 2.46. The average molecular weight is 558 g/mol. The molecule has 0 aliphatic rings. The molecule has 0 aliphatic carbocycles. The van der Waals surface area contributed by atoms with E-state index >= 15 is 0 Å². The van der Waals surface area contributed by atoms with Crippen molar-refractivity contribution in [3.05, 3.63) is 53.3 Å². The van der Waals surface area contributed by atoms with Crippen molar-refractivity contribution < 1.29 is 10.2 Å². The summed E-state index contributed by atoms with van der Waals surface area (Å²) in [5, 5.41) is 19.7. The molecule has 0 radical (unpaired) electrons. The van der Waals surface area contributed by atoms with Gasteiger partial charge in [-0.1, -0.05) is 45.7 Å². The lowest BCUT2D eigenvalue weighted by molar-refractivity contribution is 0.467. The van der Waals surface area contributed by atoms with E-state index in [0.717, 1.165) is 26.5 Å². The van der Waals surface area contributed by atoms with Gasteiger partial charge in [-0.2, -0.15) is 0 Å². The number of hydrogen-bond acceptors (Lipinski definition) is 2. The first kappa shape index (κ1) is 18.3. The van der Waals surface area contributed by atoms with Crippen LogP contribution < -0.4 is 0 Å². The molecule has 2 nitrogen and oxygen atoms in total. The molecule has 0 spiro atoms. The van der Waals surface area contributed by atoms with Gasteiger partial charge in [0.25, 0.3) is 0 Å². The quantitative estimate of drug-likeness (QED) is 0.433. The number of benzene rings is 2. The SMILES string of the molecule is CCC(C)(c1cc(Br)c(O)cc1Br)c1cc(Br)c(O)cc1Br. The van der Waals surface area contributed by atoms with Crippen LogP contribution >= 0.6 is 63.7 Å². The Kier molecular flexibility index (Phi) is 5.68. The first-order valence-electron chi connectivity index (χ1n) is 6.57. The molecule has 22 heavy (non-hydrogen) atoms. The van der Waals surface area contributed by atoms with Gasteiger partial charge in [-0.25, -0.2) is 0 Å². The number of phenolic OH excluding ortho intramolecular Hbond substituents is 2. The van der Waals surface area contributed by atoms with Crippen molar-refractivity contribution >= 4 is 63.7 Å². The fourth-order valence-electron chi connectivity index (χ4n) is 2.44. The molecule has 118 valence electrons. The highest BCUT2D eigenvalue weighted by Gasteiger charge is 2.32. The van der Waals surface area contributed by atoms with Gasteiger partial charge < -0.3 is 10.2 Å². The van der Waals surface area contributed by atoms with Gasteiger partial charge in [0.15, 0.2) is 0 Å². The standard InChI is InChI=1S/C16H14Br4O2/c1-3-16(2,8-4-12(19)14(21)6-10(8)17)9-5-13(20)15(22)7-11(9)18/h4-7,21-22H,3H2,1-2H3. The van der Waals surface area contributed by atoms with Crippen LogP contribution in [0.15, 0.2) is 42.2 Å². The monoisotopic (exact) mass is 554 g/mol. The van der Waals surface area contributed by atoms with Crippen molar-refractivity contribution in [1.82, 2.24) is 0 Å². The molecule has 2 rings (SSSR count). The summed E-state index contributed by atoms with van der Waals surface area (Å²) in [6, 6.07) is 7.24. The number of aromatic hydroxyl groups is 2. The third-order valence-corrected chi connectivity index (χ3v) is 6.55. The maximum absolute atomic E-state index is 9.84. The Morgan fingerprint density at radius 1 is 0.773 bits per heavy atom. The van der Waals surface area contributed by atoms with Crippen LogP contribution in [0.25, 0.3) is 0 Å². The van der Waals surface area contributed by atoms with Gasteiger partial charge in [0, 0.05) is 14.4 Å². The predicted octanol–water partition coefficient (Wildman–Crippen LogP) is 6.86. The Morgan fingerprint density at radius 3 is 1.45 bits per heavy atom. The summed E-state index contributed by atoms with van der Waals surface area (Å²) in [5.41, 5.74) is 1.81. The molecule has 0 aromatic heterocycles. The van der Waals surface area contributed by atoms with Gasteiger partial charge in [-0.15, -0.1) is 0 Å². The average Bonchev–Trinajstić information content (AvgIpc) is 2.46. The molecule has 2 aromatic carbocycles. The molecule has 0 bridgehead atoms. The van der Waals surface area contributed by atoms with E-state index in [0.29, 0.717) is 8.95 Å². The normalized spacial score (nSPS) is 11.7. The first-order chi connectivity index (χ1) is 10.2. The second-order valence-electron chi connectivity index (χ2n) is 5.25. The smallest absolute Gasteiger partial charge is 0.130 e. The molecular weight excluding hydrogens is 544 g/mol. The van der Waals surface area contributed by atoms with Crippen molar-refractivity contribution in [3.63, 3.8) is 0 Å². The van der Waals surface area contributed by atoms with Crippen molar-refractivity contribution in [2.45, 2.75) is 25.7 Å². The molecule has 6 heteroatoms. The highest BCUT2D eigenvalue weighted by atomic mass is 79.9. The Balaban J connectivity index is 2.73. The van der Waals surface area contributed by atoms with Gasteiger partial charge in [-0.05, 0) is 73.7 Å². The van der Waals surface area contributed by atoms with E-state index in [1.807, 2.05) is 12.1 Å². The number of hydrogen-bond donors (Lipinski definition) is 2. The van der Waals surface area contributed by atoms with Gasteiger partial charge >= 0.3 is 0 Å². The lowest BCUT2D eigenvalue weighted by atomic mass is 9.74. The van der Waals surface area contributed by atoms with Crippen LogP contribution in [0, 0.1) is 0 Å². The lowest BCUT2D eigenvalue weighted by Gasteiger charge is -2.32. The van der Waals surface area contributed by atoms with Gasteiger partial charge in [0.1, 0.15) is 11.5 Å². The molecule has 2 aromatic rings. The van der Waals surface area contributed by atoms with Crippen LogP contribution in [0.5, 0.6) is 11.5 Å². The van der Waals surface area contributed by atoms with Gasteiger partial charge in [0.05, 0.1) is 8.95 Å². The topological polar surface area (TPSA) is 40.5 Å². The van der Waals surface area contributed by atoms with E-state index in [1.54, 1.807) is 12.1 Å². The molecule has 0 saturated heterocycles. The third-order valence-electron chi connectivity index (χ3n) is 3.97. The molecule has 0 saturated carbocycles. The van der Waals surface area contributed by atoms with Crippen molar-refractivity contribution in [1.29, 1.82) is 0 Å². The summed E-state index contributed by atoms with van der Waals surface area (Å²) in [6.07, 6.45) is 0.846. The Hall–Kier alpha value is -0.0400. The van der Waals surface area contributed by atoms with E-state index in [9.17, 15) is 10.2 Å². The summed E-state index contributed by atoms with van der Waals surface area (Å²) in [6.45, 7) is 4.25. The Labute approximate surface area is 163 Å². The fraction of sp³-hybridized carbons (Fsp3) is 0.250. The molecule has 0 aliphatic heterocycles. The largest absolute Gasteiger partial charge is 0.507 e. The third kappa shape index (κ3) is 3.25. The summed E-state index contributed by atoms with van der Waals surface area (Å²) < 4.78 is 2.99. The maximum atomic E-state index is 9.84. The zero-order chi connectivity index (χ0) is 16.7. The fourth-order valence-corrected chi connectivity index (χ4v) is 4.67. The predicted molar refractivity (Wildman–Crippen MR) is 104 cm³/mol. The van der Waals surface area contributed by atoms with E-state index in [-0.39, 0.29) is 16.9 Å². The number of halogens is 4. The number of phenols is 2. The Bertz CT molecular complexity index is 671. The zero-order valence-electron chi connectivity index (χ0n) is 11.9. The van der Waals surface area contributed by atoms with Crippen molar-refractivity contribution in [3.8, 4) is 11.5 Å². The van der Waals surface area contributed by atoms with Gasteiger partial charge in [0.2, 0.25) is 0 Å². The summed E-state index contributed by atoms with van der Waals surface area (Å²) >= 11 is 13.9. The molecule has 0 heterocycles. The van der Waals surface area contributed by atoms with E-state index in [2.05, 4.69) is 77.6 Å². The minimum atomic E-state index is -0.301. The van der Waals surface area contributed by atoms with Crippen LogP contribution in [0.4, 0.5) is 0 Å². The molecule has 0 unspecified atom stereocenters. The Morgan fingerprint density at radius 2 is 1.14 bits per heavy atom. The molecule has 0 fully saturated rings. The van der Waals surface area contributed by atoms with Crippen LogP contribution in [0.1, 0.15) is 31.4 Å². The minimum absolute atomic E-state index is 0.194. The van der Waals surface area contributed by atoms with Crippen LogP contribution in [0.3, 0.4) is 0 Å². The minimum Gasteiger partial charge on any atom is -0.507 e.